The summed E-state index contributed by atoms with van der Waals surface area (Å²) in [5.74, 6) is -0.692. The second kappa shape index (κ2) is 16.4. The molecule has 1 aliphatic rings. The lowest BCUT2D eigenvalue weighted by atomic mass is 9.91. The van der Waals surface area contributed by atoms with Gasteiger partial charge in [0.15, 0.2) is 0 Å². The number of carboxylic acid groups (broad SMARTS) is 1. The summed E-state index contributed by atoms with van der Waals surface area (Å²) in [7, 11) is 0. The van der Waals surface area contributed by atoms with E-state index in [-0.39, 0.29) is 25.1 Å². The molecule has 1 aromatic heterocycles. The van der Waals surface area contributed by atoms with E-state index in [1.807, 2.05) is 42.2 Å². The smallest absolute Gasteiger partial charge is 0.408 e. The fourth-order valence-electron chi connectivity index (χ4n) is 5.70. The number of imidazole rings is 1. The van der Waals surface area contributed by atoms with Crippen molar-refractivity contribution in [3.05, 3.63) is 114 Å². The average Bonchev–Trinajstić information content (AvgIpc) is 3.56. The third kappa shape index (κ3) is 9.31. The molecule has 1 heterocycles. The number of H-pyrrole nitrogens is 1. The Bertz CT molecular complexity index is 1700. The lowest BCUT2D eigenvalue weighted by Gasteiger charge is -2.29. The summed E-state index contributed by atoms with van der Waals surface area (Å²) < 4.78 is 5.11. The quantitative estimate of drug-likeness (QED) is 0.124. The third-order valence-corrected chi connectivity index (χ3v) is 8.51. The van der Waals surface area contributed by atoms with Gasteiger partial charge in [-0.2, -0.15) is 0 Å². The largest absolute Gasteiger partial charge is 0.480 e. The highest BCUT2D eigenvalue weighted by atomic mass is 16.5. The van der Waals surface area contributed by atoms with Crippen LogP contribution in [0.5, 0.6) is 0 Å². The number of hydrogen-bond donors (Lipinski definition) is 4. The molecule has 48 heavy (non-hydrogen) atoms. The first-order chi connectivity index (χ1) is 23.3. The maximum absolute atomic E-state index is 13.7. The predicted molar refractivity (Wildman–Crippen MR) is 181 cm³/mol. The van der Waals surface area contributed by atoms with Gasteiger partial charge in [-0.1, -0.05) is 66.7 Å². The van der Waals surface area contributed by atoms with Crippen molar-refractivity contribution in [2.75, 3.05) is 6.54 Å². The van der Waals surface area contributed by atoms with Crippen molar-refractivity contribution in [3.63, 3.8) is 0 Å². The molecule has 3 amide bonds. The second-order valence-corrected chi connectivity index (χ2v) is 12.0. The molecule has 1 aliphatic carbocycles. The summed E-state index contributed by atoms with van der Waals surface area (Å²) in [4.78, 5) is 60.4. The molecule has 0 saturated heterocycles. The van der Waals surface area contributed by atoms with Gasteiger partial charge in [-0.15, -0.1) is 0 Å². The minimum atomic E-state index is -1.39. The van der Waals surface area contributed by atoms with Crippen molar-refractivity contribution in [1.82, 2.24) is 25.5 Å². The van der Waals surface area contributed by atoms with Gasteiger partial charge in [0.25, 0.3) is 5.91 Å². The molecule has 11 heteroatoms. The van der Waals surface area contributed by atoms with Gasteiger partial charge in [-0.3, -0.25) is 9.59 Å². The molecule has 4 N–H and O–H groups in total. The fraction of sp³-hybridized carbons (Fsp3) is 0.324. The minimum absolute atomic E-state index is 0.0182. The highest BCUT2D eigenvalue weighted by Crippen LogP contribution is 2.27. The summed E-state index contributed by atoms with van der Waals surface area (Å²) in [6.07, 6.45) is 8.04. The molecule has 250 valence electrons. The van der Waals surface area contributed by atoms with Gasteiger partial charge in [0, 0.05) is 25.1 Å². The maximum atomic E-state index is 13.7. The van der Waals surface area contributed by atoms with E-state index >= 15 is 0 Å². The second-order valence-electron chi connectivity index (χ2n) is 12.0. The van der Waals surface area contributed by atoms with E-state index in [0.29, 0.717) is 30.3 Å². The molecule has 0 bridgehead atoms. The Morgan fingerprint density at radius 1 is 1.00 bits per heavy atom. The molecule has 0 radical (unpaired) electrons. The Hall–Kier alpha value is -5.45. The summed E-state index contributed by atoms with van der Waals surface area (Å²) in [6, 6.07) is 21.8. The first-order valence-corrected chi connectivity index (χ1v) is 16.2. The Kier molecular flexibility index (Phi) is 11.6. The van der Waals surface area contributed by atoms with Crippen molar-refractivity contribution in [3.8, 4) is 0 Å². The van der Waals surface area contributed by atoms with Gasteiger partial charge in [0.05, 0.1) is 17.1 Å². The van der Waals surface area contributed by atoms with E-state index in [4.69, 9.17) is 9.72 Å². The highest BCUT2D eigenvalue weighted by molar-refractivity contribution is 5.94. The SMILES string of the molecule is CC(c1nc2ccccc2[nH]1)N(Cc1ccc(C(=O)NCC(NC(=O)OCc2ccccc2)C(=O)O)cc1)C(=O)CCC1C=CCCC1. The van der Waals surface area contributed by atoms with Crippen molar-refractivity contribution in [2.24, 2.45) is 5.92 Å². The fourth-order valence-corrected chi connectivity index (χ4v) is 5.70. The van der Waals surface area contributed by atoms with Crippen LogP contribution in [-0.4, -0.2) is 56.4 Å². The van der Waals surface area contributed by atoms with Crippen LogP contribution in [-0.2, 0) is 27.5 Å². The molecule has 11 nitrogen and oxygen atoms in total. The van der Waals surface area contributed by atoms with Crippen LogP contribution in [0, 0.1) is 5.92 Å². The van der Waals surface area contributed by atoms with Crippen LogP contribution in [0.15, 0.2) is 91.0 Å². The number of alkyl carbamates (subject to hydrolysis) is 1. The van der Waals surface area contributed by atoms with Crippen molar-refractivity contribution in [2.45, 2.75) is 64.3 Å². The minimum Gasteiger partial charge on any atom is -0.480 e. The molecule has 3 unspecified atom stereocenters. The number of aromatic nitrogens is 2. The Labute approximate surface area is 279 Å². The zero-order valence-electron chi connectivity index (χ0n) is 26.9. The number of rotatable bonds is 14. The number of hydrogen-bond acceptors (Lipinski definition) is 6. The summed E-state index contributed by atoms with van der Waals surface area (Å²) >= 11 is 0. The standard InChI is InChI=1S/C37H41N5O6/c1-25(34-39-30-14-8-9-15-31(30)40-34)42(33(43)21-18-26-10-4-2-5-11-26)23-27-16-19-29(20-17-27)35(44)38-22-32(36(45)46)41-37(47)48-24-28-12-6-3-7-13-28/h3-4,6-10,12-17,19-20,25-26,32H,2,5,11,18,21-24H2,1H3,(H,38,44)(H,39,40)(H,41,47)(H,45,46). The van der Waals surface area contributed by atoms with E-state index in [0.717, 1.165) is 47.8 Å². The number of allylic oxidation sites excluding steroid dienone is 2. The zero-order chi connectivity index (χ0) is 33.9. The average molecular weight is 652 g/mol. The van der Waals surface area contributed by atoms with Crippen LogP contribution in [0.2, 0.25) is 0 Å². The maximum Gasteiger partial charge on any atom is 0.408 e. The molecule has 3 atom stereocenters. The molecule has 4 aromatic rings. The van der Waals surface area contributed by atoms with Gasteiger partial charge in [0.1, 0.15) is 18.5 Å². The van der Waals surface area contributed by atoms with E-state index in [2.05, 4.69) is 27.8 Å². The van der Waals surface area contributed by atoms with E-state index < -0.39 is 24.0 Å². The summed E-state index contributed by atoms with van der Waals surface area (Å²) in [5, 5.41) is 14.4. The molecule has 0 aliphatic heterocycles. The van der Waals surface area contributed by atoms with Gasteiger partial charge in [-0.05, 0) is 73.9 Å². The van der Waals surface area contributed by atoms with Crippen LogP contribution in [0.1, 0.15) is 72.4 Å². The molecule has 3 aromatic carbocycles. The number of nitrogens with zero attached hydrogens (tertiary/aromatic N) is 2. The van der Waals surface area contributed by atoms with Gasteiger partial charge >= 0.3 is 12.1 Å². The molecule has 5 rings (SSSR count). The molecule has 0 fully saturated rings. The number of nitrogens with one attached hydrogen (secondary N) is 3. The van der Waals surface area contributed by atoms with Gasteiger partial charge < -0.3 is 30.4 Å². The number of aromatic amines is 1. The van der Waals surface area contributed by atoms with Gasteiger partial charge in [-0.25, -0.2) is 14.6 Å². The number of carbonyl (C=O) groups excluding carboxylic acids is 3. The first kappa shape index (κ1) is 33.9. The normalized spacial score (nSPS) is 15.3. The molecular formula is C37H41N5O6. The van der Waals surface area contributed by atoms with Crippen molar-refractivity contribution < 1.29 is 29.0 Å². The number of para-hydroxylation sites is 2. The molecular weight excluding hydrogens is 610 g/mol. The number of fused-ring (bicyclic) bond motifs is 1. The number of benzene rings is 3. The third-order valence-electron chi connectivity index (χ3n) is 8.51. The van der Waals surface area contributed by atoms with Crippen LogP contribution < -0.4 is 10.6 Å². The van der Waals surface area contributed by atoms with Gasteiger partial charge in [0.2, 0.25) is 5.91 Å². The zero-order valence-corrected chi connectivity index (χ0v) is 26.9. The number of carboxylic acids is 1. The predicted octanol–water partition coefficient (Wildman–Crippen LogP) is 5.90. The number of aliphatic carboxylic acids is 1. The Morgan fingerprint density at radius 2 is 1.75 bits per heavy atom. The monoisotopic (exact) mass is 651 g/mol. The lowest BCUT2D eigenvalue weighted by Crippen LogP contribution is -2.48. The number of carbonyl (C=O) groups is 4. The first-order valence-electron chi connectivity index (χ1n) is 16.2. The topological polar surface area (TPSA) is 154 Å². The van der Waals surface area contributed by atoms with Crippen LogP contribution in [0.4, 0.5) is 4.79 Å². The van der Waals surface area contributed by atoms with Crippen molar-refractivity contribution >= 4 is 34.9 Å². The van der Waals surface area contributed by atoms with Crippen LogP contribution in [0.3, 0.4) is 0 Å². The van der Waals surface area contributed by atoms with E-state index in [1.54, 1.807) is 48.5 Å². The summed E-state index contributed by atoms with van der Waals surface area (Å²) in [6.45, 7) is 1.91. The van der Waals surface area contributed by atoms with E-state index in [1.165, 1.54) is 0 Å². The Balaban J connectivity index is 1.20. The highest BCUT2D eigenvalue weighted by Gasteiger charge is 2.26. The molecule has 0 saturated carbocycles. The number of ether oxygens (including phenoxy) is 1. The Morgan fingerprint density at radius 3 is 2.46 bits per heavy atom. The van der Waals surface area contributed by atoms with Crippen molar-refractivity contribution in [1.29, 1.82) is 0 Å². The van der Waals surface area contributed by atoms with Crippen LogP contribution in [0.25, 0.3) is 11.0 Å². The lowest BCUT2D eigenvalue weighted by molar-refractivity contribution is -0.139. The molecule has 0 spiro atoms. The van der Waals surface area contributed by atoms with Crippen LogP contribution >= 0.6 is 0 Å². The van der Waals surface area contributed by atoms with E-state index in [9.17, 15) is 24.3 Å². The summed E-state index contributed by atoms with van der Waals surface area (Å²) in [5.41, 5.74) is 3.62. The number of amides is 3.